The maximum atomic E-state index is 11.1. The molecule has 1 fully saturated rings. The number of hydrogen-bond donors (Lipinski definition) is 2. The third-order valence-corrected chi connectivity index (χ3v) is 2.98. The fraction of sp³-hybridized carbons (Fsp3) is 0.500. The molecule has 2 rings (SSSR count). The van der Waals surface area contributed by atoms with Gasteiger partial charge < -0.3 is 10.3 Å². The molecule has 1 saturated carbocycles. The summed E-state index contributed by atoms with van der Waals surface area (Å²) < 4.78 is 0.488. The number of H-pyrrole nitrogens is 1. The Morgan fingerprint density at radius 1 is 1.62 bits per heavy atom. The smallest absolute Gasteiger partial charge is 0.267 e. The zero-order valence-corrected chi connectivity index (χ0v) is 8.60. The fourth-order valence-electron chi connectivity index (χ4n) is 1.23. The summed E-state index contributed by atoms with van der Waals surface area (Å²) in [6.07, 6.45) is 5.01. The maximum absolute atomic E-state index is 11.1. The quantitative estimate of drug-likeness (QED) is 0.828. The number of rotatable bonds is 2. The van der Waals surface area contributed by atoms with Gasteiger partial charge in [0.05, 0.1) is 6.33 Å². The van der Waals surface area contributed by atoms with Gasteiger partial charge in [-0.15, -0.1) is 0 Å². The molecule has 5 heteroatoms. The van der Waals surface area contributed by atoms with E-state index in [4.69, 9.17) is 0 Å². The van der Waals surface area contributed by atoms with Gasteiger partial charge in [-0.3, -0.25) is 4.79 Å². The standard InChI is InChI=1S/C8H10BrN3O/c9-6-7(10-4-11-8(6)13)12-5-2-1-3-5/h4-5H,1-3H2,(H2,10,11,12,13). The minimum absolute atomic E-state index is 0.142. The van der Waals surface area contributed by atoms with Crippen LogP contribution >= 0.6 is 15.9 Å². The molecule has 1 aliphatic carbocycles. The van der Waals surface area contributed by atoms with E-state index in [9.17, 15) is 4.79 Å². The first-order chi connectivity index (χ1) is 6.27. The van der Waals surface area contributed by atoms with Crippen LogP contribution < -0.4 is 10.9 Å². The van der Waals surface area contributed by atoms with Gasteiger partial charge in [0.15, 0.2) is 0 Å². The third kappa shape index (κ3) is 1.75. The molecule has 1 aliphatic rings. The number of hydrogen-bond acceptors (Lipinski definition) is 3. The highest BCUT2D eigenvalue weighted by Crippen LogP contribution is 2.24. The lowest BCUT2D eigenvalue weighted by Gasteiger charge is -2.26. The molecule has 13 heavy (non-hydrogen) atoms. The van der Waals surface area contributed by atoms with Crippen molar-refractivity contribution in [2.24, 2.45) is 0 Å². The Hall–Kier alpha value is -0.840. The molecule has 1 aromatic heterocycles. The summed E-state index contributed by atoms with van der Waals surface area (Å²) in [5.74, 6) is 0.647. The summed E-state index contributed by atoms with van der Waals surface area (Å²) in [6, 6.07) is 0.491. The Morgan fingerprint density at radius 3 is 3.00 bits per heavy atom. The highest BCUT2D eigenvalue weighted by Gasteiger charge is 2.18. The second-order valence-electron chi connectivity index (χ2n) is 3.17. The molecule has 0 bridgehead atoms. The van der Waals surface area contributed by atoms with Crippen molar-refractivity contribution in [1.82, 2.24) is 9.97 Å². The van der Waals surface area contributed by atoms with Crippen molar-refractivity contribution in [3.63, 3.8) is 0 Å². The van der Waals surface area contributed by atoms with Gasteiger partial charge in [0, 0.05) is 6.04 Å². The number of nitrogens with zero attached hydrogens (tertiary/aromatic N) is 1. The molecule has 0 radical (unpaired) electrons. The van der Waals surface area contributed by atoms with Crippen LogP contribution in [0.25, 0.3) is 0 Å². The van der Waals surface area contributed by atoms with E-state index in [0.717, 1.165) is 0 Å². The molecule has 0 unspecified atom stereocenters. The molecule has 0 atom stereocenters. The molecule has 1 aromatic rings. The highest BCUT2D eigenvalue weighted by atomic mass is 79.9. The van der Waals surface area contributed by atoms with Crippen LogP contribution in [0.3, 0.4) is 0 Å². The molecule has 0 spiro atoms. The van der Waals surface area contributed by atoms with E-state index in [1.165, 1.54) is 25.6 Å². The number of aromatic nitrogens is 2. The molecule has 2 N–H and O–H groups in total. The first-order valence-electron chi connectivity index (χ1n) is 4.27. The lowest BCUT2D eigenvalue weighted by molar-refractivity contribution is 0.444. The van der Waals surface area contributed by atoms with Gasteiger partial charge in [-0.1, -0.05) is 0 Å². The van der Waals surface area contributed by atoms with Crippen molar-refractivity contribution >= 4 is 21.7 Å². The Labute approximate surface area is 83.9 Å². The number of anilines is 1. The Kier molecular flexibility index (Phi) is 2.35. The average Bonchev–Trinajstić information content (AvgIpc) is 2.04. The second kappa shape index (κ2) is 3.49. The average molecular weight is 244 g/mol. The Balaban J connectivity index is 2.19. The minimum Gasteiger partial charge on any atom is -0.366 e. The molecule has 4 nitrogen and oxygen atoms in total. The second-order valence-corrected chi connectivity index (χ2v) is 3.96. The van der Waals surface area contributed by atoms with Crippen molar-refractivity contribution < 1.29 is 0 Å². The third-order valence-electron chi connectivity index (χ3n) is 2.24. The molecule has 0 aliphatic heterocycles. The molecule has 0 saturated heterocycles. The van der Waals surface area contributed by atoms with Gasteiger partial charge in [-0.25, -0.2) is 4.98 Å². The van der Waals surface area contributed by atoms with Gasteiger partial charge in [0.1, 0.15) is 10.3 Å². The van der Waals surface area contributed by atoms with Crippen LogP contribution in [0.4, 0.5) is 5.82 Å². The molecule has 1 heterocycles. The summed E-state index contributed by atoms with van der Waals surface area (Å²) in [5.41, 5.74) is -0.142. The number of halogens is 1. The van der Waals surface area contributed by atoms with Gasteiger partial charge in [0.25, 0.3) is 5.56 Å². The molecule has 70 valence electrons. The van der Waals surface area contributed by atoms with Crippen LogP contribution in [0.1, 0.15) is 19.3 Å². The maximum Gasteiger partial charge on any atom is 0.267 e. The summed E-state index contributed by atoms with van der Waals surface area (Å²) in [7, 11) is 0. The topological polar surface area (TPSA) is 57.8 Å². The van der Waals surface area contributed by atoms with E-state index < -0.39 is 0 Å². The highest BCUT2D eigenvalue weighted by molar-refractivity contribution is 9.10. The molecular weight excluding hydrogens is 234 g/mol. The van der Waals surface area contributed by atoms with Crippen molar-refractivity contribution in [1.29, 1.82) is 0 Å². The fourth-order valence-corrected chi connectivity index (χ4v) is 1.56. The predicted molar refractivity (Wildman–Crippen MR) is 53.8 cm³/mol. The lowest BCUT2D eigenvalue weighted by atomic mass is 9.93. The molecular formula is C8H10BrN3O. The zero-order valence-electron chi connectivity index (χ0n) is 7.01. The van der Waals surface area contributed by atoms with Gasteiger partial charge in [-0.2, -0.15) is 0 Å². The van der Waals surface area contributed by atoms with Crippen LogP contribution in [-0.4, -0.2) is 16.0 Å². The van der Waals surface area contributed by atoms with Crippen LogP contribution in [0.15, 0.2) is 15.6 Å². The predicted octanol–water partition coefficient (Wildman–Crippen LogP) is 1.50. The number of nitrogens with one attached hydrogen (secondary N) is 2. The van der Waals surface area contributed by atoms with E-state index >= 15 is 0 Å². The zero-order chi connectivity index (χ0) is 9.26. The number of aromatic amines is 1. The van der Waals surface area contributed by atoms with E-state index in [0.29, 0.717) is 16.3 Å². The van der Waals surface area contributed by atoms with Crippen molar-refractivity contribution in [2.45, 2.75) is 25.3 Å². The normalized spacial score (nSPS) is 16.7. The summed E-state index contributed by atoms with van der Waals surface area (Å²) >= 11 is 3.19. The summed E-state index contributed by atoms with van der Waals surface area (Å²) in [6.45, 7) is 0. The monoisotopic (exact) mass is 243 g/mol. The largest absolute Gasteiger partial charge is 0.366 e. The van der Waals surface area contributed by atoms with Crippen LogP contribution in [0.5, 0.6) is 0 Å². The van der Waals surface area contributed by atoms with Crippen LogP contribution in [0.2, 0.25) is 0 Å². The molecule has 0 aromatic carbocycles. The minimum atomic E-state index is -0.142. The van der Waals surface area contributed by atoms with Gasteiger partial charge >= 0.3 is 0 Å². The van der Waals surface area contributed by atoms with Crippen molar-refractivity contribution in [3.05, 3.63) is 21.2 Å². The summed E-state index contributed by atoms with van der Waals surface area (Å²) in [5, 5.41) is 3.21. The van der Waals surface area contributed by atoms with Crippen molar-refractivity contribution in [2.75, 3.05) is 5.32 Å². The van der Waals surface area contributed by atoms with Gasteiger partial charge in [0.2, 0.25) is 0 Å². The first-order valence-corrected chi connectivity index (χ1v) is 5.06. The lowest BCUT2D eigenvalue weighted by Crippen LogP contribution is -2.28. The van der Waals surface area contributed by atoms with Crippen LogP contribution in [0, 0.1) is 0 Å². The van der Waals surface area contributed by atoms with E-state index in [1.54, 1.807) is 0 Å². The Morgan fingerprint density at radius 2 is 2.38 bits per heavy atom. The van der Waals surface area contributed by atoms with Crippen LogP contribution in [-0.2, 0) is 0 Å². The SMILES string of the molecule is O=c1[nH]cnc(NC2CCC2)c1Br. The molecule has 0 amide bonds. The van der Waals surface area contributed by atoms with Crippen molar-refractivity contribution in [3.8, 4) is 0 Å². The van der Waals surface area contributed by atoms with E-state index in [-0.39, 0.29) is 5.56 Å². The van der Waals surface area contributed by atoms with E-state index in [2.05, 4.69) is 31.2 Å². The van der Waals surface area contributed by atoms with Gasteiger partial charge in [-0.05, 0) is 35.2 Å². The summed E-state index contributed by atoms with van der Waals surface area (Å²) in [4.78, 5) is 17.7. The first kappa shape index (κ1) is 8.74. The Bertz CT molecular complexity index is 359. The van der Waals surface area contributed by atoms with E-state index in [1.807, 2.05) is 0 Å².